The van der Waals surface area contributed by atoms with Gasteiger partial charge in [0.2, 0.25) is 11.6 Å². The monoisotopic (exact) mass is 252 g/mol. The minimum atomic E-state index is -0.687. The Labute approximate surface area is 107 Å². The fourth-order valence-electron chi connectivity index (χ4n) is 1.98. The van der Waals surface area contributed by atoms with Crippen molar-refractivity contribution in [3.05, 3.63) is 23.2 Å². The molecule has 1 aliphatic carbocycles. The van der Waals surface area contributed by atoms with E-state index in [9.17, 15) is 19.8 Å². The number of aliphatic hydroxyl groups is 2. The van der Waals surface area contributed by atoms with Crippen LogP contribution in [0.25, 0.3) is 0 Å². The first-order valence-electron chi connectivity index (χ1n) is 6.49. The molecule has 0 aromatic carbocycles. The Kier molecular flexibility index (Phi) is 5.62. The van der Waals surface area contributed by atoms with Gasteiger partial charge in [-0.15, -0.1) is 0 Å². The van der Waals surface area contributed by atoms with Gasteiger partial charge in [-0.25, -0.2) is 0 Å². The third-order valence-corrected chi connectivity index (χ3v) is 3.07. The van der Waals surface area contributed by atoms with Crippen molar-refractivity contribution >= 4 is 11.6 Å². The first-order chi connectivity index (χ1) is 8.57. The first-order valence-corrected chi connectivity index (χ1v) is 6.49. The van der Waals surface area contributed by atoms with Gasteiger partial charge in [0.25, 0.3) is 0 Å². The van der Waals surface area contributed by atoms with Gasteiger partial charge in [0.1, 0.15) is 0 Å². The molecule has 2 N–H and O–H groups in total. The molecule has 18 heavy (non-hydrogen) atoms. The maximum Gasteiger partial charge on any atom is 0.227 e. The number of carbonyl (C=O) groups is 2. The van der Waals surface area contributed by atoms with Crippen molar-refractivity contribution in [1.82, 2.24) is 0 Å². The molecule has 1 aliphatic rings. The van der Waals surface area contributed by atoms with Crippen LogP contribution in [0.15, 0.2) is 23.2 Å². The molecule has 0 aliphatic heterocycles. The van der Waals surface area contributed by atoms with Gasteiger partial charge in [-0.05, 0) is 12.8 Å². The molecule has 0 bridgehead atoms. The fourth-order valence-corrected chi connectivity index (χ4v) is 1.98. The fraction of sp³-hybridized carbons (Fsp3) is 0.571. The summed E-state index contributed by atoms with van der Waals surface area (Å²) in [6.45, 7) is 2.14. The topological polar surface area (TPSA) is 74.6 Å². The van der Waals surface area contributed by atoms with E-state index in [0.717, 1.165) is 25.3 Å². The van der Waals surface area contributed by atoms with Gasteiger partial charge < -0.3 is 10.2 Å². The van der Waals surface area contributed by atoms with Crippen LogP contribution in [0.1, 0.15) is 51.9 Å². The summed E-state index contributed by atoms with van der Waals surface area (Å²) >= 11 is 0. The number of ketones is 2. The van der Waals surface area contributed by atoms with Crippen molar-refractivity contribution < 1.29 is 19.8 Å². The molecular weight excluding hydrogens is 232 g/mol. The Bertz CT molecular complexity index is 391. The van der Waals surface area contributed by atoms with Crippen LogP contribution in [0.2, 0.25) is 0 Å². The number of aliphatic hydroxyl groups excluding tert-OH is 2. The summed E-state index contributed by atoms with van der Waals surface area (Å²) in [5.41, 5.74) is 0.0514. The summed E-state index contributed by atoms with van der Waals surface area (Å²) in [6.07, 6.45) is 7.46. The highest BCUT2D eigenvalue weighted by Gasteiger charge is 2.27. The Morgan fingerprint density at radius 1 is 1.00 bits per heavy atom. The van der Waals surface area contributed by atoms with E-state index in [2.05, 4.69) is 6.92 Å². The second-order valence-corrected chi connectivity index (χ2v) is 4.57. The molecule has 0 saturated carbocycles. The second-order valence-electron chi connectivity index (χ2n) is 4.57. The molecule has 0 saturated heterocycles. The zero-order valence-electron chi connectivity index (χ0n) is 10.7. The van der Waals surface area contributed by atoms with Gasteiger partial charge in [0.05, 0.1) is 0 Å². The molecule has 0 atom stereocenters. The molecule has 0 fully saturated rings. The van der Waals surface area contributed by atoms with Crippen molar-refractivity contribution in [2.45, 2.75) is 51.9 Å². The summed E-state index contributed by atoms with van der Waals surface area (Å²) in [6, 6.07) is 0. The van der Waals surface area contributed by atoms with E-state index in [1.165, 1.54) is 19.3 Å². The van der Waals surface area contributed by atoms with Crippen LogP contribution in [0.5, 0.6) is 0 Å². The average Bonchev–Trinajstić information content (AvgIpc) is 2.35. The van der Waals surface area contributed by atoms with Gasteiger partial charge in [0.15, 0.2) is 11.5 Å². The van der Waals surface area contributed by atoms with Crippen LogP contribution < -0.4 is 0 Å². The summed E-state index contributed by atoms with van der Waals surface area (Å²) in [7, 11) is 0. The highest BCUT2D eigenvalue weighted by molar-refractivity contribution is 6.20. The molecule has 0 aromatic rings. The first kappa shape index (κ1) is 14.5. The molecule has 0 unspecified atom stereocenters. The van der Waals surface area contributed by atoms with Gasteiger partial charge in [-0.1, -0.05) is 39.0 Å². The minimum absolute atomic E-state index is 0.0514. The van der Waals surface area contributed by atoms with Crippen LogP contribution >= 0.6 is 0 Å². The molecule has 4 nitrogen and oxygen atoms in total. The van der Waals surface area contributed by atoms with Gasteiger partial charge >= 0.3 is 0 Å². The highest BCUT2D eigenvalue weighted by atomic mass is 16.3. The standard InChI is InChI=1S/C14H20O4/c1-2-3-4-5-6-7-8-10-13(17)11(15)9-12(16)14(10)18/h9,15,18H,2-8H2,1H3. The number of unbranched alkanes of at least 4 members (excludes halogenated alkanes) is 5. The largest absolute Gasteiger partial charge is 0.504 e. The van der Waals surface area contributed by atoms with Gasteiger partial charge in [0, 0.05) is 11.6 Å². The van der Waals surface area contributed by atoms with E-state index in [4.69, 9.17) is 0 Å². The Morgan fingerprint density at radius 2 is 1.61 bits per heavy atom. The number of rotatable bonds is 7. The summed E-state index contributed by atoms with van der Waals surface area (Å²) < 4.78 is 0. The van der Waals surface area contributed by atoms with Crippen molar-refractivity contribution in [2.75, 3.05) is 0 Å². The lowest BCUT2D eigenvalue weighted by Crippen LogP contribution is -2.19. The summed E-state index contributed by atoms with van der Waals surface area (Å²) in [4.78, 5) is 22.8. The molecule has 1 rings (SSSR count). The summed E-state index contributed by atoms with van der Waals surface area (Å²) in [5.74, 6) is -2.39. The van der Waals surface area contributed by atoms with E-state index in [1.54, 1.807) is 0 Å². The van der Waals surface area contributed by atoms with Crippen LogP contribution in [-0.4, -0.2) is 21.8 Å². The van der Waals surface area contributed by atoms with Crippen LogP contribution in [0.4, 0.5) is 0 Å². The van der Waals surface area contributed by atoms with Crippen LogP contribution in [-0.2, 0) is 9.59 Å². The Balaban J connectivity index is 2.43. The number of hydrogen-bond acceptors (Lipinski definition) is 4. The molecule has 0 amide bonds. The van der Waals surface area contributed by atoms with Crippen molar-refractivity contribution in [1.29, 1.82) is 0 Å². The average molecular weight is 252 g/mol. The Morgan fingerprint density at radius 3 is 2.28 bits per heavy atom. The lowest BCUT2D eigenvalue weighted by atomic mass is 9.95. The third-order valence-electron chi connectivity index (χ3n) is 3.07. The number of carbonyl (C=O) groups excluding carboxylic acids is 2. The molecule has 100 valence electrons. The van der Waals surface area contributed by atoms with E-state index in [1.807, 2.05) is 0 Å². The molecular formula is C14H20O4. The molecule has 4 heteroatoms. The summed E-state index contributed by atoms with van der Waals surface area (Å²) in [5, 5.41) is 18.8. The van der Waals surface area contributed by atoms with Gasteiger partial charge in [-0.2, -0.15) is 0 Å². The molecule has 0 radical (unpaired) electrons. The number of allylic oxidation sites excluding steroid dienone is 2. The third kappa shape index (κ3) is 3.72. The van der Waals surface area contributed by atoms with Gasteiger partial charge in [-0.3, -0.25) is 9.59 Å². The smallest absolute Gasteiger partial charge is 0.227 e. The zero-order chi connectivity index (χ0) is 13.5. The van der Waals surface area contributed by atoms with E-state index in [0.29, 0.717) is 6.42 Å². The minimum Gasteiger partial charge on any atom is -0.504 e. The zero-order valence-corrected chi connectivity index (χ0v) is 10.7. The van der Waals surface area contributed by atoms with Crippen LogP contribution in [0.3, 0.4) is 0 Å². The SMILES string of the molecule is CCCCCCCCC1=C(O)C(=O)C=C(O)C1=O. The molecule has 0 spiro atoms. The lowest BCUT2D eigenvalue weighted by Gasteiger charge is -2.12. The number of hydrogen-bond donors (Lipinski definition) is 2. The molecule has 0 heterocycles. The quantitative estimate of drug-likeness (QED) is 0.539. The Hall–Kier alpha value is -1.58. The van der Waals surface area contributed by atoms with Crippen molar-refractivity contribution in [3.63, 3.8) is 0 Å². The maximum atomic E-state index is 11.6. The highest BCUT2D eigenvalue weighted by Crippen LogP contribution is 2.21. The van der Waals surface area contributed by atoms with E-state index >= 15 is 0 Å². The maximum absolute atomic E-state index is 11.6. The predicted molar refractivity (Wildman–Crippen MR) is 68.4 cm³/mol. The van der Waals surface area contributed by atoms with E-state index < -0.39 is 23.1 Å². The lowest BCUT2D eigenvalue weighted by molar-refractivity contribution is -0.119. The molecule has 0 aromatic heterocycles. The van der Waals surface area contributed by atoms with Crippen molar-refractivity contribution in [3.8, 4) is 0 Å². The van der Waals surface area contributed by atoms with Crippen molar-refractivity contribution in [2.24, 2.45) is 0 Å². The number of Topliss-reactive ketones (excluding diaryl/α,β-unsaturated/α-hetero) is 1. The predicted octanol–water partition coefficient (Wildman–Crippen LogP) is 3.14. The normalized spacial score (nSPS) is 16.2. The second kappa shape index (κ2) is 6.99. The van der Waals surface area contributed by atoms with E-state index in [-0.39, 0.29) is 5.57 Å². The van der Waals surface area contributed by atoms with Crippen LogP contribution in [0, 0.1) is 0 Å².